The van der Waals surface area contributed by atoms with E-state index in [4.69, 9.17) is 5.73 Å². The number of carbonyl (C=O) groups is 1. The molecule has 1 fully saturated rings. The number of benzene rings is 2. The van der Waals surface area contributed by atoms with E-state index in [0.717, 1.165) is 44.6 Å². The second-order valence-corrected chi connectivity index (χ2v) is 5.96. The Bertz CT molecular complexity index is 664. The topological polar surface area (TPSA) is 58.4 Å². The molecule has 3 N–H and O–H groups in total. The van der Waals surface area contributed by atoms with E-state index in [9.17, 15) is 4.79 Å². The summed E-state index contributed by atoms with van der Waals surface area (Å²) in [6, 6.07) is 15.9. The van der Waals surface area contributed by atoms with Crippen molar-refractivity contribution in [2.75, 3.05) is 30.7 Å². The van der Waals surface area contributed by atoms with Gasteiger partial charge in [0, 0.05) is 25.2 Å². The van der Waals surface area contributed by atoms with Crippen molar-refractivity contribution in [2.45, 2.75) is 19.3 Å². The average molecular weight is 309 g/mol. The fraction of sp³-hybridized carbons (Fsp3) is 0.316. The predicted octanol–water partition coefficient (Wildman–Crippen LogP) is 3.16. The zero-order valence-electron chi connectivity index (χ0n) is 13.3. The highest BCUT2D eigenvalue weighted by atomic mass is 16.2. The van der Waals surface area contributed by atoms with E-state index >= 15 is 0 Å². The van der Waals surface area contributed by atoms with E-state index in [1.54, 1.807) is 6.07 Å². The first-order valence-corrected chi connectivity index (χ1v) is 8.20. The van der Waals surface area contributed by atoms with Gasteiger partial charge >= 0.3 is 0 Å². The lowest BCUT2D eigenvalue weighted by Crippen LogP contribution is -2.27. The van der Waals surface area contributed by atoms with Gasteiger partial charge in [-0.3, -0.25) is 4.79 Å². The fourth-order valence-corrected chi connectivity index (χ4v) is 2.95. The zero-order chi connectivity index (χ0) is 16.1. The quantitative estimate of drug-likeness (QED) is 0.834. The average Bonchev–Trinajstić information content (AvgIpc) is 3.11. The highest BCUT2D eigenvalue weighted by molar-refractivity contribution is 5.96. The van der Waals surface area contributed by atoms with Gasteiger partial charge in [0.25, 0.3) is 5.91 Å². The molecule has 0 bridgehead atoms. The largest absolute Gasteiger partial charge is 0.397 e. The summed E-state index contributed by atoms with van der Waals surface area (Å²) in [6.45, 7) is 2.53. The zero-order valence-corrected chi connectivity index (χ0v) is 13.3. The van der Waals surface area contributed by atoms with Gasteiger partial charge in [0.15, 0.2) is 0 Å². The van der Waals surface area contributed by atoms with E-state index in [-0.39, 0.29) is 5.91 Å². The Kier molecular flexibility index (Phi) is 4.81. The van der Waals surface area contributed by atoms with Crippen LogP contribution in [0, 0.1) is 0 Å². The fourth-order valence-electron chi connectivity index (χ4n) is 2.95. The van der Waals surface area contributed by atoms with Crippen molar-refractivity contribution >= 4 is 17.3 Å². The minimum atomic E-state index is 0.0880. The summed E-state index contributed by atoms with van der Waals surface area (Å²) in [5.74, 6) is 0.0880. The number of amides is 1. The summed E-state index contributed by atoms with van der Waals surface area (Å²) in [4.78, 5) is 14.3. The van der Waals surface area contributed by atoms with Crippen molar-refractivity contribution in [3.05, 3.63) is 59.7 Å². The summed E-state index contributed by atoms with van der Waals surface area (Å²) in [7, 11) is 0. The second-order valence-electron chi connectivity index (χ2n) is 5.96. The van der Waals surface area contributed by atoms with Crippen molar-refractivity contribution < 1.29 is 4.79 Å². The van der Waals surface area contributed by atoms with E-state index in [0.29, 0.717) is 11.3 Å². The summed E-state index contributed by atoms with van der Waals surface area (Å²) in [5.41, 5.74) is 9.59. The monoisotopic (exact) mass is 309 g/mol. The Morgan fingerprint density at radius 3 is 2.52 bits per heavy atom. The molecule has 0 spiro atoms. The van der Waals surface area contributed by atoms with Crippen molar-refractivity contribution in [1.29, 1.82) is 0 Å². The Morgan fingerprint density at radius 2 is 1.83 bits per heavy atom. The standard InChI is InChI=1S/C19H23N3O/c20-17-14-16(19(23)22-12-4-5-13-22)8-9-18(17)21-11-10-15-6-2-1-3-7-15/h1-3,6-9,14,21H,4-5,10-13,20H2. The molecule has 1 saturated heterocycles. The van der Waals surface area contributed by atoms with E-state index < -0.39 is 0 Å². The van der Waals surface area contributed by atoms with Crippen molar-refractivity contribution in [3.63, 3.8) is 0 Å². The van der Waals surface area contributed by atoms with Gasteiger partial charge in [-0.15, -0.1) is 0 Å². The Balaban J connectivity index is 1.59. The lowest BCUT2D eigenvalue weighted by Gasteiger charge is -2.16. The molecular weight excluding hydrogens is 286 g/mol. The van der Waals surface area contributed by atoms with Gasteiger partial charge in [-0.1, -0.05) is 30.3 Å². The third kappa shape index (κ3) is 3.83. The smallest absolute Gasteiger partial charge is 0.253 e. The number of nitrogens with one attached hydrogen (secondary N) is 1. The molecular formula is C19H23N3O. The molecule has 0 atom stereocenters. The minimum Gasteiger partial charge on any atom is -0.397 e. The van der Waals surface area contributed by atoms with Crippen LogP contribution in [0.3, 0.4) is 0 Å². The molecule has 2 aromatic carbocycles. The first-order chi connectivity index (χ1) is 11.2. The third-order valence-electron chi connectivity index (χ3n) is 4.26. The molecule has 2 aromatic rings. The minimum absolute atomic E-state index is 0.0880. The van der Waals surface area contributed by atoms with Gasteiger partial charge < -0.3 is 16.0 Å². The lowest BCUT2D eigenvalue weighted by atomic mass is 10.1. The van der Waals surface area contributed by atoms with Crippen LogP contribution in [-0.2, 0) is 6.42 Å². The Labute approximate surface area is 137 Å². The molecule has 23 heavy (non-hydrogen) atoms. The van der Waals surface area contributed by atoms with E-state index in [1.165, 1.54) is 5.56 Å². The van der Waals surface area contributed by atoms with Crippen LogP contribution in [0.2, 0.25) is 0 Å². The Hall–Kier alpha value is -2.49. The summed E-state index contributed by atoms with van der Waals surface area (Å²) in [5, 5.41) is 3.35. The number of carbonyl (C=O) groups excluding carboxylic acids is 1. The predicted molar refractivity (Wildman–Crippen MR) is 94.6 cm³/mol. The molecule has 1 heterocycles. The highest BCUT2D eigenvalue weighted by Crippen LogP contribution is 2.22. The van der Waals surface area contributed by atoms with Gasteiger partial charge in [0.05, 0.1) is 11.4 Å². The highest BCUT2D eigenvalue weighted by Gasteiger charge is 2.19. The number of rotatable bonds is 5. The molecule has 1 aliphatic rings. The summed E-state index contributed by atoms with van der Waals surface area (Å²) >= 11 is 0. The molecule has 4 heteroatoms. The molecule has 0 unspecified atom stereocenters. The van der Waals surface area contributed by atoms with E-state index in [2.05, 4.69) is 17.4 Å². The van der Waals surface area contributed by atoms with E-state index in [1.807, 2.05) is 35.2 Å². The van der Waals surface area contributed by atoms with Crippen LogP contribution in [0.15, 0.2) is 48.5 Å². The number of nitrogens with two attached hydrogens (primary N) is 1. The van der Waals surface area contributed by atoms with Crippen LogP contribution >= 0.6 is 0 Å². The maximum atomic E-state index is 12.4. The van der Waals surface area contributed by atoms with Gasteiger partial charge in [-0.25, -0.2) is 0 Å². The number of likely N-dealkylation sites (tertiary alicyclic amines) is 1. The van der Waals surface area contributed by atoms with Gasteiger partial charge in [0.2, 0.25) is 0 Å². The molecule has 1 aliphatic heterocycles. The molecule has 1 amide bonds. The molecule has 0 aliphatic carbocycles. The van der Waals surface area contributed by atoms with Crippen LogP contribution in [-0.4, -0.2) is 30.4 Å². The second kappa shape index (κ2) is 7.18. The maximum Gasteiger partial charge on any atom is 0.253 e. The van der Waals surface area contributed by atoms with Gasteiger partial charge in [0.1, 0.15) is 0 Å². The number of nitrogen functional groups attached to an aromatic ring is 1. The van der Waals surface area contributed by atoms with Crippen LogP contribution in [0.1, 0.15) is 28.8 Å². The van der Waals surface area contributed by atoms with Crippen LogP contribution in [0.4, 0.5) is 11.4 Å². The van der Waals surface area contributed by atoms with Crippen molar-refractivity contribution in [2.24, 2.45) is 0 Å². The number of anilines is 2. The maximum absolute atomic E-state index is 12.4. The molecule has 120 valence electrons. The van der Waals surface area contributed by atoms with Crippen LogP contribution < -0.4 is 11.1 Å². The molecule has 4 nitrogen and oxygen atoms in total. The SMILES string of the molecule is Nc1cc(C(=O)N2CCCC2)ccc1NCCc1ccccc1. The number of nitrogens with zero attached hydrogens (tertiary/aromatic N) is 1. The molecule has 3 rings (SSSR count). The van der Waals surface area contributed by atoms with Crippen molar-refractivity contribution in [1.82, 2.24) is 4.90 Å². The first-order valence-electron chi connectivity index (χ1n) is 8.20. The molecule has 0 saturated carbocycles. The summed E-state index contributed by atoms with van der Waals surface area (Å²) < 4.78 is 0. The normalized spacial score (nSPS) is 14.0. The molecule has 0 aromatic heterocycles. The molecule has 0 radical (unpaired) electrons. The Morgan fingerprint density at radius 1 is 1.09 bits per heavy atom. The first kappa shape index (κ1) is 15.4. The van der Waals surface area contributed by atoms with Gasteiger partial charge in [-0.05, 0) is 43.0 Å². The summed E-state index contributed by atoms with van der Waals surface area (Å²) in [6.07, 6.45) is 3.13. The van der Waals surface area contributed by atoms with Crippen LogP contribution in [0.25, 0.3) is 0 Å². The number of hydrogen-bond donors (Lipinski definition) is 2. The van der Waals surface area contributed by atoms with Gasteiger partial charge in [-0.2, -0.15) is 0 Å². The van der Waals surface area contributed by atoms with Crippen molar-refractivity contribution in [3.8, 4) is 0 Å². The lowest BCUT2D eigenvalue weighted by molar-refractivity contribution is 0.0793. The third-order valence-corrected chi connectivity index (χ3v) is 4.26. The number of hydrogen-bond acceptors (Lipinski definition) is 3. The van der Waals surface area contributed by atoms with Crippen LogP contribution in [0.5, 0.6) is 0 Å².